The molecule has 0 atom stereocenters. The lowest BCUT2D eigenvalue weighted by atomic mass is 9.68. The van der Waals surface area contributed by atoms with E-state index in [2.05, 4.69) is 40.3 Å². The molecule has 110 valence electrons. The summed E-state index contributed by atoms with van der Waals surface area (Å²) in [6, 6.07) is 8.63. The second-order valence-electron chi connectivity index (χ2n) is 6.93. The number of nitrogens with zero attached hydrogens (tertiary/aromatic N) is 2. The minimum Gasteiger partial charge on any atom is -0.370 e. The van der Waals surface area contributed by atoms with Gasteiger partial charge in [-0.15, -0.1) is 0 Å². The van der Waals surface area contributed by atoms with Crippen LogP contribution < -0.4 is 4.90 Å². The molecule has 2 aromatic rings. The first kappa shape index (κ1) is 13.1. The van der Waals surface area contributed by atoms with E-state index >= 15 is 0 Å². The third-order valence-electron chi connectivity index (χ3n) is 5.73. The molecule has 0 radical (unpaired) electrons. The lowest BCUT2D eigenvalue weighted by Gasteiger charge is -2.45. The molecule has 1 saturated heterocycles. The SMILES string of the molecule is c1ccc2c(N3CCC4(CCCCC4)CC3)cncc2c1. The fraction of sp³-hybridized carbons (Fsp3) is 0.526. The van der Waals surface area contributed by atoms with Gasteiger partial charge in [-0.25, -0.2) is 0 Å². The Morgan fingerprint density at radius 1 is 0.857 bits per heavy atom. The summed E-state index contributed by atoms with van der Waals surface area (Å²) >= 11 is 0. The summed E-state index contributed by atoms with van der Waals surface area (Å²) in [6.45, 7) is 2.41. The molecule has 1 saturated carbocycles. The van der Waals surface area contributed by atoms with Crippen molar-refractivity contribution in [3.05, 3.63) is 36.7 Å². The van der Waals surface area contributed by atoms with E-state index in [9.17, 15) is 0 Å². The van der Waals surface area contributed by atoms with Crippen molar-refractivity contribution >= 4 is 16.5 Å². The zero-order valence-corrected chi connectivity index (χ0v) is 12.7. The summed E-state index contributed by atoms with van der Waals surface area (Å²) in [5.74, 6) is 0. The molecule has 21 heavy (non-hydrogen) atoms. The van der Waals surface area contributed by atoms with Gasteiger partial charge in [-0.3, -0.25) is 4.98 Å². The smallest absolute Gasteiger partial charge is 0.0632 e. The third-order valence-corrected chi connectivity index (χ3v) is 5.73. The number of piperidine rings is 1. The van der Waals surface area contributed by atoms with Gasteiger partial charge in [0.1, 0.15) is 0 Å². The van der Waals surface area contributed by atoms with Gasteiger partial charge in [0.05, 0.1) is 11.9 Å². The van der Waals surface area contributed by atoms with Crippen molar-refractivity contribution in [1.82, 2.24) is 4.98 Å². The minimum atomic E-state index is 0.673. The van der Waals surface area contributed by atoms with Crippen LogP contribution in [-0.4, -0.2) is 18.1 Å². The minimum absolute atomic E-state index is 0.673. The lowest BCUT2D eigenvalue weighted by Crippen LogP contribution is -2.41. The van der Waals surface area contributed by atoms with E-state index in [1.54, 1.807) is 0 Å². The van der Waals surface area contributed by atoms with Gasteiger partial charge in [-0.05, 0) is 31.1 Å². The van der Waals surface area contributed by atoms with Crippen molar-refractivity contribution < 1.29 is 0 Å². The molecule has 2 fully saturated rings. The van der Waals surface area contributed by atoms with E-state index in [1.807, 2.05) is 6.20 Å². The topological polar surface area (TPSA) is 16.1 Å². The summed E-state index contributed by atoms with van der Waals surface area (Å²) in [5.41, 5.74) is 2.01. The normalized spacial score (nSPS) is 21.8. The Labute approximate surface area is 127 Å². The molecule has 0 unspecified atom stereocenters. The highest BCUT2D eigenvalue weighted by atomic mass is 15.1. The van der Waals surface area contributed by atoms with Gasteiger partial charge < -0.3 is 4.90 Å². The highest BCUT2D eigenvalue weighted by molar-refractivity contribution is 5.93. The zero-order valence-electron chi connectivity index (χ0n) is 12.7. The van der Waals surface area contributed by atoms with E-state index in [0.29, 0.717) is 5.41 Å². The highest BCUT2D eigenvalue weighted by Crippen LogP contribution is 2.45. The molecule has 0 bridgehead atoms. The summed E-state index contributed by atoms with van der Waals surface area (Å²) in [4.78, 5) is 7.02. The second-order valence-corrected chi connectivity index (χ2v) is 6.93. The number of hydrogen-bond acceptors (Lipinski definition) is 2. The van der Waals surface area contributed by atoms with Crippen molar-refractivity contribution in [2.24, 2.45) is 5.41 Å². The number of aromatic nitrogens is 1. The van der Waals surface area contributed by atoms with Crippen molar-refractivity contribution in [2.75, 3.05) is 18.0 Å². The predicted molar refractivity (Wildman–Crippen MR) is 88.7 cm³/mol. The van der Waals surface area contributed by atoms with Gasteiger partial charge in [-0.1, -0.05) is 43.5 Å². The molecule has 2 aliphatic rings. The van der Waals surface area contributed by atoms with Crippen molar-refractivity contribution in [3.63, 3.8) is 0 Å². The Bertz CT molecular complexity index is 613. The van der Waals surface area contributed by atoms with Crippen LogP contribution in [0.15, 0.2) is 36.7 Å². The summed E-state index contributed by atoms with van der Waals surface area (Å²) in [7, 11) is 0. The number of rotatable bonds is 1. The van der Waals surface area contributed by atoms with Crippen LogP contribution in [0, 0.1) is 5.41 Å². The first-order valence-corrected chi connectivity index (χ1v) is 8.44. The van der Waals surface area contributed by atoms with Gasteiger partial charge in [0.2, 0.25) is 0 Å². The van der Waals surface area contributed by atoms with E-state index < -0.39 is 0 Å². The van der Waals surface area contributed by atoms with Crippen LogP contribution in [0.2, 0.25) is 0 Å². The third kappa shape index (κ3) is 2.41. The van der Waals surface area contributed by atoms with Gasteiger partial charge >= 0.3 is 0 Å². The molecule has 2 heteroatoms. The molecule has 1 spiro atoms. The monoisotopic (exact) mass is 280 g/mol. The maximum absolute atomic E-state index is 4.45. The van der Waals surface area contributed by atoms with E-state index in [4.69, 9.17) is 0 Å². The van der Waals surface area contributed by atoms with Crippen molar-refractivity contribution in [2.45, 2.75) is 44.9 Å². The van der Waals surface area contributed by atoms with E-state index in [-0.39, 0.29) is 0 Å². The highest BCUT2D eigenvalue weighted by Gasteiger charge is 2.35. The van der Waals surface area contributed by atoms with E-state index in [0.717, 1.165) is 0 Å². The van der Waals surface area contributed by atoms with Crippen LogP contribution >= 0.6 is 0 Å². The van der Waals surface area contributed by atoms with Crippen LogP contribution in [0.1, 0.15) is 44.9 Å². The van der Waals surface area contributed by atoms with Gasteiger partial charge in [-0.2, -0.15) is 0 Å². The molecule has 1 aliphatic heterocycles. The van der Waals surface area contributed by atoms with Crippen LogP contribution in [0.4, 0.5) is 5.69 Å². The molecule has 1 aromatic heterocycles. The summed E-state index contributed by atoms with van der Waals surface area (Å²) in [6.07, 6.45) is 14.1. The fourth-order valence-corrected chi connectivity index (χ4v) is 4.38. The Hall–Kier alpha value is -1.57. The van der Waals surface area contributed by atoms with Crippen LogP contribution in [0.25, 0.3) is 10.8 Å². The predicted octanol–water partition coefficient (Wildman–Crippen LogP) is 4.79. The Kier molecular flexibility index (Phi) is 3.33. The molecule has 0 N–H and O–H groups in total. The largest absolute Gasteiger partial charge is 0.370 e. The fourth-order valence-electron chi connectivity index (χ4n) is 4.38. The van der Waals surface area contributed by atoms with Gasteiger partial charge in [0.25, 0.3) is 0 Å². The van der Waals surface area contributed by atoms with Gasteiger partial charge in [0.15, 0.2) is 0 Å². The maximum Gasteiger partial charge on any atom is 0.0632 e. The van der Waals surface area contributed by atoms with Gasteiger partial charge in [0, 0.05) is 30.1 Å². The summed E-state index contributed by atoms with van der Waals surface area (Å²) < 4.78 is 0. The molecule has 4 rings (SSSR count). The van der Waals surface area contributed by atoms with E-state index in [1.165, 1.54) is 74.5 Å². The van der Waals surface area contributed by atoms with Crippen molar-refractivity contribution in [3.8, 4) is 0 Å². The number of pyridine rings is 1. The van der Waals surface area contributed by atoms with Crippen LogP contribution in [0.3, 0.4) is 0 Å². The molecule has 0 amide bonds. The maximum atomic E-state index is 4.45. The molecule has 1 aromatic carbocycles. The average molecular weight is 280 g/mol. The standard InChI is InChI=1S/C19H24N2/c1-4-8-19(9-5-1)10-12-21(13-11-19)18-15-20-14-16-6-2-3-7-17(16)18/h2-3,6-7,14-15H,1,4-5,8-13H2. The number of hydrogen-bond donors (Lipinski definition) is 0. The Morgan fingerprint density at radius 2 is 1.62 bits per heavy atom. The number of anilines is 1. The van der Waals surface area contributed by atoms with Crippen LogP contribution in [-0.2, 0) is 0 Å². The number of benzene rings is 1. The molecule has 2 heterocycles. The molecule has 1 aliphatic carbocycles. The molecular formula is C19H24N2. The second kappa shape index (κ2) is 5.32. The quantitative estimate of drug-likeness (QED) is 0.747. The summed E-state index contributed by atoms with van der Waals surface area (Å²) in [5, 5.41) is 2.61. The Balaban J connectivity index is 1.57. The Morgan fingerprint density at radius 3 is 2.43 bits per heavy atom. The van der Waals surface area contributed by atoms with Crippen molar-refractivity contribution in [1.29, 1.82) is 0 Å². The molecular weight excluding hydrogens is 256 g/mol. The number of fused-ring (bicyclic) bond motifs is 1. The molecule has 2 nitrogen and oxygen atoms in total. The average Bonchev–Trinajstić information content (AvgIpc) is 2.56. The first-order valence-electron chi connectivity index (χ1n) is 8.44. The first-order chi connectivity index (χ1) is 10.4. The zero-order chi connectivity index (χ0) is 14.1. The van der Waals surface area contributed by atoms with Crippen LogP contribution in [0.5, 0.6) is 0 Å². The lowest BCUT2D eigenvalue weighted by molar-refractivity contribution is 0.144.